The molecule has 0 bridgehead atoms. The van der Waals surface area contributed by atoms with Gasteiger partial charge in [0.15, 0.2) is 11.6 Å². The smallest absolute Gasteiger partial charge is 0.165 e. The lowest BCUT2D eigenvalue weighted by Gasteiger charge is -2.45. The molecule has 0 heterocycles. The Labute approximate surface area is 136 Å². The van der Waals surface area contributed by atoms with Crippen LogP contribution in [0.4, 0.5) is 4.39 Å². The van der Waals surface area contributed by atoms with Crippen molar-refractivity contribution in [1.82, 2.24) is 0 Å². The van der Waals surface area contributed by atoms with E-state index >= 15 is 0 Å². The Bertz CT molecular complexity index is 558. The molecule has 0 N–H and O–H groups in total. The first-order valence-corrected chi connectivity index (χ1v) is 8.81. The van der Waals surface area contributed by atoms with E-state index in [9.17, 15) is 14.3 Å². The fourth-order valence-electron chi connectivity index (χ4n) is 4.30. The maximum atomic E-state index is 14.2. The van der Waals surface area contributed by atoms with Crippen molar-refractivity contribution >= 4 is 5.97 Å². The van der Waals surface area contributed by atoms with Crippen molar-refractivity contribution in [1.29, 1.82) is 0 Å². The minimum atomic E-state index is -1.30. The summed E-state index contributed by atoms with van der Waals surface area (Å²) in [6.07, 6.45) is 11.2. The van der Waals surface area contributed by atoms with Crippen molar-refractivity contribution in [2.24, 2.45) is 5.92 Å². The summed E-state index contributed by atoms with van der Waals surface area (Å²) in [6.45, 7) is 0. The zero-order valence-corrected chi connectivity index (χ0v) is 13.5. The molecular weight excluding hydrogens is 295 g/mol. The molecule has 0 aromatic heterocycles. The molecule has 23 heavy (non-hydrogen) atoms. The number of ether oxygens (including phenoxy) is 1. The average Bonchev–Trinajstić information content (AvgIpc) is 2.58. The number of hydrogen-bond acceptors (Lipinski definition) is 3. The Morgan fingerprint density at radius 3 is 2.39 bits per heavy atom. The molecule has 126 valence electrons. The number of carboxylic acid groups (broad SMARTS) is 1. The SMILES string of the molecule is O=C([O-])c1ccc(F)c(OC2(C3CCCCC3)CCCCC2)c1. The molecule has 3 nitrogen and oxygen atoms in total. The quantitative estimate of drug-likeness (QED) is 0.847. The van der Waals surface area contributed by atoms with Gasteiger partial charge in [-0.2, -0.15) is 0 Å². The minimum absolute atomic E-state index is 0.0315. The van der Waals surface area contributed by atoms with Gasteiger partial charge in [0.2, 0.25) is 0 Å². The summed E-state index contributed by atoms with van der Waals surface area (Å²) < 4.78 is 20.4. The van der Waals surface area contributed by atoms with Crippen LogP contribution >= 0.6 is 0 Å². The topological polar surface area (TPSA) is 49.4 Å². The van der Waals surface area contributed by atoms with Crippen LogP contribution in [0.2, 0.25) is 0 Å². The summed E-state index contributed by atoms with van der Waals surface area (Å²) in [6, 6.07) is 3.67. The van der Waals surface area contributed by atoms with E-state index in [1.54, 1.807) is 0 Å². The number of rotatable bonds is 4. The van der Waals surface area contributed by atoms with Crippen LogP contribution in [0, 0.1) is 11.7 Å². The predicted molar refractivity (Wildman–Crippen MR) is 83.7 cm³/mol. The second-order valence-electron chi connectivity index (χ2n) is 7.00. The van der Waals surface area contributed by atoms with E-state index in [1.807, 2.05) is 0 Å². The molecule has 1 aromatic rings. The van der Waals surface area contributed by atoms with Crippen molar-refractivity contribution in [3.05, 3.63) is 29.6 Å². The second kappa shape index (κ2) is 6.90. The molecule has 1 aromatic carbocycles. The van der Waals surface area contributed by atoms with E-state index in [1.165, 1.54) is 37.8 Å². The monoisotopic (exact) mass is 319 g/mol. The molecule has 2 fully saturated rings. The first kappa shape index (κ1) is 16.3. The number of carbonyl (C=O) groups is 1. The van der Waals surface area contributed by atoms with Gasteiger partial charge < -0.3 is 14.6 Å². The summed E-state index contributed by atoms with van der Waals surface area (Å²) in [5.74, 6) is -1.28. The number of carboxylic acids is 1. The van der Waals surface area contributed by atoms with Crippen LogP contribution < -0.4 is 9.84 Å². The normalized spacial score (nSPS) is 21.8. The van der Waals surface area contributed by atoms with Gasteiger partial charge in [-0.25, -0.2) is 4.39 Å². The molecule has 2 aliphatic carbocycles. The van der Waals surface area contributed by atoms with Gasteiger partial charge in [-0.05, 0) is 62.6 Å². The molecule has 0 saturated heterocycles. The van der Waals surface area contributed by atoms with E-state index in [0.717, 1.165) is 44.6 Å². The minimum Gasteiger partial charge on any atom is -0.545 e. The van der Waals surface area contributed by atoms with Crippen molar-refractivity contribution in [2.75, 3.05) is 0 Å². The third kappa shape index (κ3) is 3.51. The lowest BCUT2D eigenvalue weighted by molar-refractivity contribution is -0.255. The molecule has 0 atom stereocenters. The van der Waals surface area contributed by atoms with Crippen molar-refractivity contribution in [2.45, 2.75) is 69.8 Å². The molecule has 2 saturated carbocycles. The summed E-state index contributed by atoms with van der Waals surface area (Å²) in [4.78, 5) is 11.0. The molecule has 0 radical (unpaired) electrons. The van der Waals surface area contributed by atoms with E-state index in [2.05, 4.69) is 0 Å². The maximum Gasteiger partial charge on any atom is 0.165 e. The van der Waals surface area contributed by atoms with Gasteiger partial charge in [0.25, 0.3) is 0 Å². The Morgan fingerprint density at radius 2 is 1.74 bits per heavy atom. The second-order valence-corrected chi connectivity index (χ2v) is 7.00. The number of carbonyl (C=O) groups excluding carboxylic acids is 1. The lowest BCUT2D eigenvalue weighted by atomic mass is 9.69. The molecule has 2 aliphatic rings. The van der Waals surface area contributed by atoms with Crippen LogP contribution in [0.15, 0.2) is 18.2 Å². The number of halogens is 1. The zero-order chi connectivity index (χ0) is 16.3. The van der Waals surface area contributed by atoms with Gasteiger partial charge in [0.05, 0.1) is 5.97 Å². The van der Waals surface area contributed by atoms with Gasteiger partial charge >= 0.3 is 0 Å². The number of aromatic carboxylic acids is 1. The van der Waals surface area contributed by atoms with E-state index in [-0.39, 0.29) is 16.9 Å². The fourth-order valence-corrected chi connectivity index (χ4v) is 4.30. The Morgan fingerprint density at radius 1 is 1.09 bits per heavy atom. The standard InChI is InChI=1S/C19H25FO3/c20-16-10-9-14(18(21)22)13-17(16)23-19(11-5-2-6-12-19)15-7-3-1-4-8-15/h9-10,13,15H,1-8,11-12H2,(H,21,22)/p-1. The Hall–Kier alpha value is -1.58. The van der Waals surface area contributed by atoms with Gasteiger partial charge in [-0.15, -0.1) is 0 Å². The van der Waals surface area contributed by atoms with Crippen molar-refractivity contribution in [3.8, 4) is 5.75 Å². The van der Waals surface area contributed by atoms with Gasteiger partial charge in [-0.3, -0.25) is 0 Å². The Kier molecular flexibility index (Phi) is 4.88. The van der Waals surface area contributed by atoms with E-state index in [0.29, 0.717) is 5.92 Å². The summed E-state index contributed by atoms with van der Waals surface area (Å²) in [5.41, 5.74) is -0.361. The largest absolute Gasteiger partial charge is 0.545 e. The first-order chi connectivity index (χ1) is 11.1. The third-order valence-electron chi connectivity index (χ3n) is 5.53. The Balaban J connectivity index is 1.89. The zero-order valence-electron chi connectivity index (χ0n) is 13.5. The van der Waals surface area contributed by atoms with Gasteiger partial charge in [0, 0.05) is 5.56 Å². The lowest BCUT2D eigenvalue weighted by Crippen LogP contribution is -2.46. The molecule has 0 amide bonds. The van der Waals surface area contributed by atoms with E-state index in [4.69, 9.17) is 4.74 Å². The summed E-state index contributed by atoms with van der Waals surface area (Å²) in [7, 11) is 0. The molecular formula is C19H24FO3-. The molecule has 3 rings (SSSR count). The highest BCUT2D eigenvalue weighted by Gasteiger charge is 2.42. The third-order valence-corrected chi connectivity index (χ3v) is 5.53. The van der Waals surface area contributed by atoms with Crippen LogP contribution in [0.3, 0.4) is 0 Å². The summed E-state index contributed by atoms with van der Waals surface area (Å²) in [5, 5.41) is 11.0. The molecule has 0 aliphatic heterocycles. The van der Waals surface area contributed by atoms with E-state index < -0.39 is 11.8 Å². The van der Waals surface area contributed by atoms with Crippen molar-refractivity contribution in [3.63, 3.8) is 0 Å². The highest BCUT2D eigenvalue weighted by molar-refractivity contribution is 5.86. The summed E-state index contributed by atoms with van der Waals surface area (Å²) >= 11 is 0. The van der Waals surface area contributed by atoms with Crippen LogP contribution in [-0.4, -0.2) is 11.6 Å². The van der Waals surface area contributed by atoms with Crippen molar-refractivity contribution < 1.29 is 19.0 Å². The van der Waals surface area contributed by atoms with Crippen LogP contribution in [0.1, 0.15) is 74.6 Å². The highest BCUT2D eigenvalue weighted by atomic mass is 19.1. The van der Waals surface area contributed by atoms with Crippen LogP contribution in [0.25, 0.3) is 0 Å². The fraction of sp³-hybridized carbons (Fsp3) is 0.632. The first-order valence-electron chi connectivity index (χ1n) is 8.81. The predicted octanol–water partition coefficient (Wildman–Crippen LogP) is 3.85. The molecule has 4 heteroatoms. The molecule has 0 spiro atoms. The average molecular weight is 319 g/mol. The van der Waals surface area contributed by atoms with Gasteiger partial charge in [-0.1, -0.05) is 25.7 Å². The van der Waals surface area contributed by atoms with Crippen LogP contribution in [0.5, 0.6) is 5.75 Å². The number of hydrogen-bond donors (Lipinski definition) is 0. The van der Waals surface area contributed by atoms with Gasteiger partial charge in [0.1, 0.15) is 5.60 Å². The number of benzene rings is 1. The van der Waals surface area contributed by atoms with Crippen LogP contribution in [-0.2, 0) is 0 Å². The highest BCUT2D eigenvalue weighted by Crippen LogP contribution is 2.45. The maximum absolute atomic E-state index is 14.2. The molecule has 0 unspecified atom stereocenters.